The molecule has 1 amide bonds. The van der Waals surface area contributed by atoms with Crippen molar-refractivity contribution in [3.63, 3.8) is 0 Å². The number of hydrogen-bond donors (Lipinski definition) is 0. The summed E-state index contributed by atoms with van der Waals surface area (Å²) >= 11 is 0. The number of hydrogen-bond acceptors (Lipinski definition) is 3. The largest absolute Gasteiger partial charge is 0.491 e. The SMILES string of the molecule is Cc1ccc(F)cc1OCCOCCN1CCC(C)(C)C1=O. The van der Waals surface area contributed by atoms with Crippen LogP contribution in [0, 0.1) is 18.2 Å². The van der Waals surface area contributed by atoms with Crippen molar-refractivity contribution in [2.45, 2.75) is 27.2 Å². The van der Waals surface area contributed by atoms with Crippen molar-refractivity contribution in [3.05, 3.63) is 29.6 Å². The van der Waals surface area contributed by atoms with Crippen LogP contribution in [0.5, 0.6) is 5.75 Å². The maximum absolute atomic E-state index is 13.1. The number of likely N-dealkylation sites (tertiary alicyclic amines) is 1. The van der Waals surface area contributed by atoms with Gasteiger partial charge in [0.2, 0.25) is 5.91 Å². The highest BCUT2D eigenvalue weighted by Gasteiger charge is 2.37. The van der Waals surface area contributed by atoms with Gasteiger partial charge in [-0.1, -0.05) is 19.9 Å². The Labute approximate surface area is 131 Å². The Kier molecular flexibility index (Phi) is 5.40. The van der Waals surface area contributed by atoms with E-state index in [-0.39, 0.29) is 17.1 Å². The van der Waals surface area contributed by atoms with E-state index in [0.29, 0.717) is 32.1 Å². The number of benzene rings is 1. The average Bonchev–Trinajstić information content (AvgIpc) is 2.73. The molecule has 1 saturated heterocycles. The Bertz CT molecular complexity index is 531. The van der Waals surface area contributed by atoms with Gasteiger partial charge in [-0.15, -0.1) is 0 Å². The smallest absolute Gasteiger partial charge is 0.228 e. The lowest BCUT2D eigenvalue weighted by Crippen LogP contribution is -2.33. The van der Waals surface area contributed by atoms with Gasteiger partial charge in [0, 0.05) is 24.6 Å². The Morgan fingerprint density at radius 3 is 2.73 bits per heavy atom. The first-order valence-corrected chi connectivity index (χ1v) is 7.66. The summed E-state index contributed by atoms with van der Waals surface area (Å²) in [4.78, 5) is 13.9. The molecule has 0 atom stereocenters. The van der Waals surface area contributed by atoms with Crippen molar-refractivity contribution < 1.29 is 18.7 Å². The quantitative estimate of drug-likeness (QED) is 0.727. The maximum atomic E-state index is 13.1. The normalized spacial score (nSPS) is 17.1. The van der Waals surface area contributed by atoms with E-state index in [2.05, 4.69) is 0 Å². The molecular weight excluding hydrogens is 285 g/mol. The fraction of sp³-hybridized carbons (Fsp3) is 0.588. The summed E-state index contributed by atoms with van der Waals surface area (Å²) < 4.78 is 24.1. The molecule has 0 spiro atoms. The van der Waals surface area contributed by atoms with Gasteiger partial charge >= 0.3 is 0 Å². The standard InChI is InChI=1S/C17H24FNO3/c1-13-4-5-14(18)12-15(13)22-11-10-21-9-8-19-7-6-17(2,3)16(19)20/h4-5,12H,6-11H2,1-3H3. The predicted octanol–water partition coefficient (Wildman–Crippen LogP) is 2.79. The van der Waals surface area contributed by atoms with Gasteiger partial charge in [-0.25, -0.2) is 4.39 Å². The highest BCUT2D eigenvalue weighted by Crippen LogP contribution is 2.30. The Morgan fingerprint density at radius 1 is 1.27 bits per heavy atom. The molecule has 1 aliphatic rings. The number of carbonyl (C=O) groups excluding carboxylic acids is 1. The summed E-state index contributed by atoms with van der Waals surface area (Å²) in [6.07, 6.45) is 0.897. The van der Waals surface area contributed by atoms with Gasteiger partial charge in [-0.2, -0.15) is 0 Å². The number of ether oxygens (including phenoxy) is 2. The van der Waals surface area contributed by atoms with Crippen LogP contribution in [0.15, 0.2) is 18.2 Å². The van der Waals surface area contributed by atoms with Crippen LogP contribution >= 0.6 is 0 Å². The van der Waals surface area contributed by atoms with E-state index in [0.717, 1.165) is 18.5 Å². The predicted molar refractivity (Wildman–Crippen MR) is 82.4 cm³/mol. The minimum absolute atomic E-state index is 0.197. The molecule has 122 valence electrons. The third kappa shape index (κ3) is 4.19. The van der Waals surface area contributed by atoms with E-state index in [1.165, 1.54) is 12.1 Å². The highest BCUT2D eigenvalue weighted by atomic mass is 19.1. The molecule has 1 aromatic rings. The summed E-state index contributed by atoms with van der Waals surface area (Å²) in [5, 5.41) is 0. The third-order valence-electron chi connectivity index (χ3n) is 4.01. The van der Waals surface area contributed by atoms with Crippen LogP contribution in [0.1, 0.15) is 25.8 Å². The second-order valence-corrected chi connectivity index (χ2v) is 6.30. The van der Waals surface area contributed by atoms with Gasteiger partial charge in [0.1, 0.15) is 18.2 Å². The van der Waals surface area contributed by atoms with Crippen molar-refractivity contribution in [1.82, 2.24) is 4.90 Å². The molecular formula is C17H24FNO3. The molecule has 2 rings (SSSR count). The van der Waals surface area contributed by atoms with E-state index >= 15 is 0 Å². The minimum Gasteiger partial charge on any atom is -0.491 e. The van der Waals surface area contributed by atoms with Gasteiger partial charge in [0.15, 0.2) is 0 Å². The summed E-state index contributed by atoms with van der Waals surface area (Å²) in [5.41, 5.74) is 0.657. The molecule has 1 heterocycles. The lowest BCUT2D eigenvalue weighted by molar-refractivity contribution is -0.135. The fourth-order valence-electron chi connectivity index (χ4n) is 2.48. The Hall–Kier alpha value is -1.62. The zero-order chi connectivity index (χ0) is 16.2. The summed E-state index contributed by atoms with van der Waals surface area (Å²) in [6.45, 7) is 8.51. The summed E-state index contributed by atoms with van der Waals surface area (Å²) in [6, 6.07) is 4.47. The van der Waals surface area contributed by atoms with E-state index < -0.39 is 0 Å². The van der Waals surface area contributed by atoms with Crippen molar-refractivity contribution in [1.29, 1.82) is 0 Å². The average molecular weight is 309 g/mol. The first-order valence-electron chi connectivity index (χ1n) is 7.66. The van der Waals surface area contributed by atoms with Crippen LogP contribution in [0.4, 0.5) is 4.39 Å². The van der Waals surface area contributed by atoms with Crippen molar-refractivity contribution in [3.8, 4) is 5.75 Å². The molecule has 0 N–H and O–H groups in total. The number of rotatable bonds is 7. The van der Waals surface area contributed by atoms with Gasteiger partial charge in [0.05, 0.1) is 13.2 Å². The van der Waals surface area contributed by atoms with Crippen molar-refractivity contribution in [2.24, 2.45) is 5.41 Å². The van der Waals surface area contributed by atoms with Crippen LogP contribution in [0.25, 0.3) is 0 Å². The first-order chi connectivity index (χ1) is 10.4. The van der Waals surface area contributed by atoms with Crippen LogP contribution in [-0.2, 0) is 9.53 Å². The van der Waals surface area contributed by atoms with Crippen LogP contribution in [-0.4, -0.2) is 43.7 Å². The number of halogens is 1. The highest BCUT2D eigenvalue weighted by molar-refractivity contribution is 5.83. The third-order valence-corrected chi connectivity index (χ3v) is 4.01. The zero-order valence-corrected chi connectivity index (χ0v) is 13.5. The van der Waals surface area contributed by atoms with Crippen molar-refractivity contribution in [2.75, 3.05) is 32.9 Å². The first kappa shape index (κ1) is 16.7. The molecule has 1 aromatic carbocycles. The fourth-order valence-corrected chi connectivity index (χ4v) is 2.48. The van der Waals surface area contributed by atoms with Gasteiger partial charge in [-0.05, 0) is 25.0 Å². The number of amides is 1. The zero-order valence-electron chi connectivity index (χ0n) is 13.5. The molecule has 0 aromatic heterocycles. The minimum atomic E-state index is -0.309. The number of aryl methyl sites for hydroxylation is 1. The molecule has 0 aliphatic carbocycles. The van der Waals surface area contributed by atoms with Crippen molar-refractivity contribution >= 4 is 5.91 Å². The number of nitrogens with zero attached hydrogens (tertiary/aromatic N) is 1. The summed E-state index contributed by atoms with van der Waals surface area (Å²) in [7, 11) is 0. The molecule has 22 heavy (non-hydrogen) atoms. The molecule has 1 aliphatic heterocycles. The monoisotopic (exact) mass is 309 g/mol. The van der Waals surface area contributed by atoms with Crippen LogP contribution in [0.2, 0.25) is 0 Å². The number of carbonyl (C=O) groups is 1. The molecule has 5 heteroatoms. The van der Waals surface area contributed by atoms with E-state index in [1.807, 2.05) is 25.7 Å². The van der Waals surface area contributed by atoms with Gasteiger partial charge in [0.25, 0.3) is 0 Å². The van der Waals surface area contributed by atoms with Gasteiger partial charge < -0.3 is 14.4 Å². The Morgan fingerprint density at radius 2 is 2.05 bits per heavy atom. The van der Waals surface area contributed by atoms with E-state index in [4.69, 9.17) is 9.47 Å². The lowest BCUT2D eigenvalue weighted by Gasteiger charge is -2.19. The molecule has 0 radical (unpaired) electrons. The maximum Gasteiger partial charge on any atom is 0.228 e. The topological polar surface area (TPSA) is 38.8 Å². The van der Waals surface area contributed by atoms with Crippen LogP contribution < -0.4 is 4.74 Å². The molecule has 4 nitrogen and oxygen atoms in total. The second kappa shape index (κ2) is 7.09. The van der Waals surface area contributed by atoms with E-state index in [9.17, 15) is 9.18 Å². The summed E-state index contributed by atoms with van der Waals surface area (Å²) in [5.74, 6) is 0.430. The molecule has 0 bridgehead atoms. The molecule has 0 saturated carbocycles. The van der Waals surface area contributed by atoms with E-state index in [1.54, 1.807) is 6.07 Å². The Balaban J connectivity index is 1.62. The molecule has 0 unspecified atom stereocenters. The molecule has 1 fully saturated rings. The second-order valence-electron chi connectivity index (χ2n) is 6.30. The van der Waals surface area contributed by atoms with Crippen LogP contribution in [0.3, 0.4) is 0 Å². The van der Waals surface area contributed by atoms with Gasteiger partial charge in [-0.3, -0.25) is 4.79 Å². The lowest BCUT2D eigenvalue weighted by atomic mass is 9.92.